The van der Waals surface area contributed by atoms with E-state index in [1.165, 1.54) is 0 Å². The first kappa shape index (κ1) is 12.7. The monoisotopic (exact) mass is 243 g/mol. The molecule has 0 spiro atoms. The Balaban J connectivity index is 2.37. The zero-order chi connectivity index (χ0) is 13.1. The molecule has 1 atom stereocenters. The Morgan fingerprint density at radius 2 is 2.06 bits per heavy atom. The lowest BCUT2D eigenvalue weighted by atomic mass is 10.0. The summed E-state index contributed by atoms with van der Waals surface area (Å²) >= 11 is 0. The van der Waals surface area contributed by atoms with Gasteiger partial charge in [0, 0.05) is 29.2 Å². The van der Waals surface area contributed by atoms with Crippen molar-refractivity contribution < 1.29 is 0 Å². The average Bonchev–Trinajstić information content (AvgIpc) is 2.38. The molecule has 3 N–H and O–H groups in total. The van der Waals surface area contributed by atoms with Crippen LogP contribution in [0.3, 0.4) is 0 Å². The van der Waals surface area contributed by atoms with E-state index >= 15 is 0 Å². The van der Waals surface area contributed by atoms with Crippen LogP contribution in [-0.4, -0.2) is 11.0 Å². The van der Waals surface area contributed by atoms with Crippen molar-refractivity contribution in [2.75, 3.05) is 11.1 Å². The third-order valence-corrected chi connectivity index (χ3v) is 3.45. The average molecular weight is 243 g/mol. The Labute approximate surface area is 108 Å². The first-order valence-corrected chi connectivity index (χ1v) is 6.52. The summed E-state index contributed by atoms with van der Waals surface area (Å²) in [6.07, 6.45) is 4.71. The van der Waals surface area contributed by atoms with E-state index in [2.05, 4.69) is 37.1 Å². The predicted octanol–water partition coefficient (Wildman–Crippen LogP) is 3.66. The molecule has 2 aromatic rings. The number of benzene rings is 1. The SMILES string of the molecule is CCC(Nc1ccc2cnccc2c1N)C(C)C. The molecule has 0 bridgehead atoms. The van der Waals surface area contributed by atoms with Crippen LogP contribution in [0.15, 0.2) is 30.6 Å². The van der Waals surface area contributed by atoms with Crippen LogP contribution < -0.4 is 11.1 Å². The molecule has 3 heteroatoms. The van der Waals surface area contributed by atoms with Crippen LogP contribution in [0.1, 0.15) is 27.2 Å². The quantitative estimate of drug-likeness (QED) is 0.806. The number of nitrogen functional groups attached to an aromatic ring is 1. The van der Waals surface area contributed by atoms with Gasteiger partial charge in [0.25, 0.3) is 0 Å². The fraction of sp³-hybridized carbons (Fsp3) is 0.400. The van der Waals surface area contributed by atoms with Crippen LogP contribution in [0.25, 0.3) is 10.8 Å². The van der Waals surface area contributed by atoms with Crippen molar-refractivity contribution in [3.05, 3.63) is 30.6 Å². The standard InChI is InChI=1S/C15H21N3/c1-4-13(10(2)3)18-14-6-5-11-9-17-8-7-12(11)15(14)16/h5-10,13,18H,4,16H2,1-3H3. The van der Waals surface area contributed by atoms with Gasteiger partial charge in [-0.25, -0.2) is 0 Å². The van der Waals surface area contributed by atoms with Gasteiger partial charge >= 0.3 is 0 Å². The molecule has 1 aromatic heterocycles. The van der Waals surface area contributed by atoms with Gasteiger partial charge in [0.05, 0.1) is 11.4 Å². The number of hydrogen-bond donors (Lipinski definition) is 2. The molecule has 3 nitrogen and oxygen atoms in total. The van der Waals surface area contributed by atoms with E-state index in [9.17, 15) is 0 Å². The summed E-state index contributed by atoms with van der Waals surface area (Å²) in [5.41, 5.74) is 8.07. The van der Waals surface area contributed by atoms with Gasteiger partial charge in [-0.1, -0.05) is 26.8 Å². The van der Waals surface area contributed by atoms with Crippen LogP contribution in [0.4, 0.5) is 11.4 Å². The molecule has 0 saturated heterocycles. The summed E-state index contributed by atoms with van der Waals surface area (Å²) in [5, 5.41) is 5.69. The van der Waals surface area contributed by atoms with Crippen LogP contribution in [0, 0.1) is 5.92 Å². The van der Waals surface area contributed by atoms with Crippen LogP contribution in [-0.2, 0) is 0 Å². The topological polar surface area (TPSA) is 50.9 Å². The molecule has 0 fully saturated rings. The minimum Gasteiger partial charge on any atom is -0.397 e. The maximum absolute atomic E-state index is 6.23. The van der Waals surface area contributed by atoms with Crippen molar-refractivity contribution in [1.82, 2.24) is 4.98 Å². The van der Waals surface area contributed by atoms with Gasteiger partial charge in [0.15, 0.2) is 0 Å². The maximum Gasteiger partial charge on any atom is 0.0630 e. The number of nitrogens with two attached hydrogens (primary N) is 1. The van der Waals surface area contributed by atoms with Gasteiger partial charge in [0.1, 0.15) is 0 Å². The maximum atomic E-state index is 6.23. The molecule has 0 aliphatic rings. The fourth-order valence-electron chi connectivity index (χ4n) is 2.26. The minimum atomic E-state index is 0.451. The molecule has 18 heavy (non-hydrogen) atoms. The first-order valence-electron chi connectivity index (χ1n) is 6.52. The highest BCUT2D eigenvalue weighted by Gasteiger charge is 2.12. The Bertz CT molecular complexity index is 534. The van der Waals surface area contributed by atoms with Gasteiger partial charge in [-0.2, -0.15) is 0 Å². The highest BCUT2D eigenvalue weighted by molar-refractivity contribution is 5.98. The molecule has 0 aliphatic carbocycles. The molecule has 1 aromatic carbocycles. The van der Waals surface area contributed by atoms with Gasteiger partial charge < -0.3 is 11.1 Å². The van der Waals surface area contributed by atoms with Crippen molar-refractivity contribution in [3.63, 3.8) is 0 Å². The zero-order valence-electron chi connectivity index (χ0n) is 11.3. The van der Waals surface area contributed by atoms with Crippen molar-refractivity contribution in [2.45, 2.75) is 33.2 Å². The Kier molecular flexibility index (Phi) is 3.70. The van der Waals surface area contributed by atoms with Gasteiger partial charge in [-0.3, -0.25) is 4.98 Å². The fourth-order valence-corrected chi connectivity index (χ4v) is 2.26. The molecule has 96 valence electrons. The summed E-state index contributed by atoms with van der Waals surface area (Å²) in [5.74, 6) is 0.586. The van der Waals surface area contributed by atoms with E-state index in [1.54, 1.807) is 6.20 Å². The second kappa shape index (κ2) is 5.25. The van der Waals surface area contributed by atoms with Crippen molar-refractivity contribution >= 4 is 22.1 Å². The van der Waals surface area contributed by atoms with E-state index in [4.69, 9.17) is 5.73 Å². The lowest BCUT2D eigenvalue weighted by Gasteiger charge is -2.23. The highest BCUT2D eigenvalue weighted by atomic mass is 14.9. The van der Waals surface area contributed by atoms with E-state index in [1.807, 2.05) is 18.3 Å². The van der Waals surface area contributed by atoms with Crippen LogP contribution in [0.5, 0.6) is 0 Å². The van der Waals surface area contributed by atoms with Crippen molar-refractivity contribution in [1.29, 1.82) is 0 Å². The molecule has 1 heterocycles. The van der Waals surface area contributed by atoms with E-state index in [0.717, 1.165) is 28.6 Å². The molecule has 0 saturated carbocycles. The summed E-state index contributed by atoms with van der Waals surface area (Å²) in [7, 11) is 0. The lowest BCUT2D eigenvalue weighted by molar-refractivity contribution is 0.511. The van der Waals surface area contributed by atoms with Crippen molar-refractivity contribution in [2.24, 2.45) is 5.92 Å². The number of pyridine rings is 1. The summed E-state index contributed by atoms with van der Waals surface area (Å²) in [6, 6.07) is 6.52. The molecular weight excluding hydrogens is 222 g/mol. The molecule has 2 rings (SSSR count). The van der Waals surface area contributed by atoms with Crippen molar-refractivity contribution in [3.8, 4) is 0 Å². The Hall–Kier alpha value is -1.77. The Morgan fingerprint density at radius 1 is 1.28 bits per heavy atom. The van der Waals surface area contributed by atoms with Crippen LogP contribution >= 0.6 is 0 Å². The molecule has 0 amide bonds. The van der Waals surface area contributed by atoms with Gasteiger partial charge in [-0.15, -0.1) is 0 Å². The first-order chi connectivity index (χ1) is 8.63. The lowest BCUT2D eigenvalue weighted by Crippen LogP contribution is -2.25. The predicted molar refractivity (Wildman–Crippen MR) is 78.7 cm³/mol. The zero-order valence-corrected chi connectivity index (χ0v) is 11.3. The summed E-state index contributed by atoms with van der Waals surface area (Å²) in [4.78, 5) is 4.11. The number of hydrogen-bond acceptors (Lipinski definition) is 3. The highest BCUT2D eigenvalue weighted by Crippen LogP contribution is 2.29. The molecule has 0 radical (unpaired) electrons. The van der Waals surface area contributed by atoms with E-state index < -0.39 is 0 Å². The van der Waals surface area contributed by atoms with Gasteiger partial charge in [0.2, 0.25) is 0 Å². The summed E-state index contributed by atoms with van der Waals surface area (Å²) in [6.45, 7) is 6.64. The summed E-state index contributed by atoms with van der Waals surface area (Å²) < 4.78 is 0. The van der Waals surface area contributed by atoms with E-state index in [-0.39, 0.29) is 0 Å². The molecule has 1 unspecified atom stereocenters. The molecular formula is C15H21N3. The third-order valence-electron chi connectivity index (χ3n) is 3.45. The number of nitrogens with one attached hydrogen (secondary N) is 1. The van der Waals surface area contributed by atoms with Gasteiger partial charge in [-0.05, 0) is 24.5 Å². The van der Waals surface area contributed by atoms with Crippen LogP contribution in [0.2, 0.25) is 0 Å². The number of fused-ring (bicyclic) bond motifs is 1. The smallest absolute Gasteiger partial charge is 0.0630 e. The Morgan fingerprint density at radius 3 is 2.72 bits per heavy atom. The largest absolute Gasteiger partial charge is 0.397 e. The normalized spacial score (nSPS) is 12.9. The van der Waals surface area contributed by atoms with E-state index in [0.29, 0.717) is 12.0 Å². The number of rotatable bonds is 4. The number of aromatic nitrogens is 1. The number of nitrogens with zero attached hydrogens (tertiary/aromatic N) is 1. The third kappa shape index (κ3) is 2.40. The minimum absolute atomic E-state index is 0.451. The second-order valence-electron chi connectivity index (χ2n) is 5.03. The molecule has 0 aliphatic heterocycles. The second-order valence-corrected chi connectivity index (χ2v) is 5.03. The number of anilines is 2.